The molecule has 0 spiro atoms. The highest BCUT2D eigenvalue weighted by Gasteiger charge is 2.07. The third-order valence-corrected chi connectivity index (χ3v) is 3.30. The Morgan fingerprint density at radius 1 is 1.05 bits per heavy atom. The molecule has 1 amide bonds. The van der Waals surface area contributed by atoms with E-state index >= 15 is 0 Å². The van der Waals surface area contributed by atoms with Gasteiger partial charge in [0.15, 0.2) is 0 Å². The summed E-state index contributed by atoms with van der Waals surface area (Å²) in [7, 11) is 1.66. The summed E-state index contributed by atoms with van der Waals surface area (Å²) in [6, 6.07) is 15.3. The molecule has 2 aromatic rings. The van der Waals surface area contributed by atoms with E-state index in [1.165, 1.54) is 0 Å². The van der Waals surface area contributed by atoms with E-state index in [-0.39, 0.29) is 5.91 Å². The van der Waals surface area contributed by atoms with Gasteiger partial charge in [0.2, 0.25) is 5.91 Å². The van der Waals surface area contributed by atoms with Gasteiger partial charge in [-0.15, -0.1) is 0 Å². The topological polar surface area (TPSA) is 64.3 Å². The van der Waals surface area contributed by atoms with Gasteiger partial charge in [-0.1, -0.05) is 42.5 Å². The highest BCUT2D eigenvalue weighted by atomic mass is 16.5. The van der Waals surface area contributed by atoms with Crippen LogP contribution in [0.1, 0.15) is 16.7 Å². The van der Waals surface area contributed by atoms with Gasteiger partial charge in [0.05, 0.1) is 13.0 Å². The predicted molar refractivity (Wildman–Crippen MR) is 83.6 cm³/mol. The lowest BCUT2D eigenvalue weighted by atomic mass is 10.1. The fourth-order valence-electron chi connectivity index (χ4n) is 2.15. The van der Waals surface area contributed by atoms with E-state index in [0.717, 1.165) is 16.7 Å². The van der Waals surface area contributed by atoms with Gasteiger partial charge in [0.25, 0.3) is 0 Å². The number of para-hydroxylation sites is 1. The predicted octanol–water partition coefficient (Wildman–Crippen LogP) is 2.27. The molecule has 0 radical (unpaired) electrons. The molecular formula is C17H20N2O2. The molecular weight excluding hydrogens is 264 g/mol. The molecule has 0 heterocycles. The highest BCUT2D eigenvalue weighted by Crippen LogP contribution is 2.12. The Kier molecular flexibility index (Phi) is 5.35. The number of nitrogen functional groups attached to an aromatic ring is 1. The molecule has 2 aromatic carbocycles. The van der Waals surface area contributed by atoms with Crippen molar-refractivity contribution >= 4 is 11.6 Å². The molecule has 0 aliphatic rings. The maximum absolute atomic E-state index is 12.0. The monoisotopic (exact) mass is 284 g/mol. The van der Waals surface area contributed by atoms with Crippen LogP contribution in [0.2, 0.25) is 0 Å². The van der Waals surface area contributed by atoms with E-state index in [9.17, 15) is 4.79 Å². The average Bonchev–Trinajstić information content (AvgIpc) is 2.49. The highest BCUT2D eigenvalue weighted by molar-refractivity contribution is 5.80. The van der Waals surface area contributed by atoms with E-state index in [1.54, 1.807) is 13.2 Å². The van der Waals surface area contributed by atoms with Crippen molar-refractivity contribution in [1.82, 2.24) is 5.32 Å². The van der Waals surface area contributed by atoms with Crippen LogP contribution in [-0.4, -0.2) is 13.0 Å². The van der Waals surface area contributed by atoms with E-state index in [1.807, 2.05) is 42.5 Å². The van der Waals surface area contributed by atoms with Crippen LogP contribution < -0.4 is 11.1 Å². The molecule has 0 unspecified atom stereocenters. The number of carbonyl (C=O) groups is 1. The fourth-order valence-corrected chi connectivity index (χ4v) is 2.15. The first-order valence-corrected chi connectivity index (χ1v) is 6.86. The quantitative estimate of drug-likeness (QED) is 0.800. The number of ether oxygens (including phenoxy) is 1. The summed E-state index contributed by atoms with van der Waals surface area (Å²) in [6.45, 7) is 1.03. The third kappa shape index (κ3) is 4.33. The van der Waals surface area contributed by atoms with Crippen LogP contribution in [0.3, 0.4) is 0 Å². The number of hydrogen-bond acceptors (Lipinski definition) is 3. The van der Waals surface area contributed by atoms with Crippen LogP contribution in [-0.2, 0) is 29.1 Å². The Morgan fingerprint density at radius 2 is 1.67 bits per heavy atom. The second-order valence-electron chi connectivity index (χ2n) is 4.85. The van der Waals surface area contributed by atoms with Crippen LogP contribution in [0.15, 0.2) is 48.5 Å². The number of amides is 1. The molecule has 21 heavy (non-hydrogen) atoms. The SMILES string of the molecule is COCc1ccccc1CNC(=O)Cc1ccccc1N. The van der Waals surface area contributed by atoms with Crippen LogP contribution in [0.4, 0.5) is 5.69 Å². The van der Waals surface area contributed by atoms with Crippen molar-refractivity contribution < 1.29 is 9.53 Å². The zero-order valence-corrected chi connectivity index (χ0v) is 12.1. The minimum absolute atomic E-state index is 0.0416. The minimum atomic E-state index is -0.0416. The first-order chi connectivity index (χ1) is 10.2. The summed E-state index contributed by atoms with van der Waals surface area (Å²) in [5.74, 6) is -0.0416. The standard InChI is InChI=1S/C17H20N2O2/c1-21-12-15-8-3-2-7-14(15)11-19-17(20)10-13-6-4-5-9-16(13)18/h2-9H,10-12,18H2,1H3,(H,19,20). The van der Waals surface area contributed by atoms with Crippen molar-refractivity contribution in [2.45, 2.75) is 19.6 Å². The largest absolute Gasteiger partial charge is 0.398 e. The van der Waals surface area contributed by atoms with E-state index in [4.69, 9.17) is 10.5 Å². The number of anilines is 1. The van der Waals surface area contributed by atoms with Gasteiger partial charge in [-0.2, -0.15) is 0 Å². The van der Waals surface area contributed by atoms with Crippen molar-refractivity contribution in [3.8, 4) is 0 Å². The van der Waals surface area contributed by atoms with Crippen LogP contribution in [0.5, 0.6) is 0 Å². The number of carbonyl (C=O) groups excluding carboxylic acids is 1. The summed E-state index contributed by atoms with van der Waals surface area (Å²) in [6.07, 6.45) is 0.291. The van der Waals surface area contributed by atoms with Gasteiger partial charge in [0.1, 0.15) is 0 Å². The molecule has 0 bridgehead atoms. The van der Waals surface area contributed by atoms with E-state index < -0.39 is 0 Å². The molecule has 0 aliphatic carbocycles. The lowest BCUT2D eigenvalue weighted by molar-refractivity contribution is -0.120. The maximum Gasteiger partial charge on any atom is 0.224 e. The van der Waals surface area contributed by atoms with Crippen LogP contribution in [0.25, 0.3) is 0 Å². The van der Waals surface area contributed by atoms with Gasteiger partial charge < -0.3 is 15.8 Å². The Hall–Kier alpha value is -2.33. The number of benzene rings is 2. The maximum atomic E-state index is 12.0. The lowest BCUT2D eigenvalue weighted by Gasteiger charge is -2.10. The summed E-state index contributed by atoms with van der Waals surface area (Å²) in [4.78, 5) is 12.0. The number of rotatable bonds is 6. The molecule has 3 N–H and O–H groups in total. The number of nitrogens with one attached hydrogen (secondary N) is 1. The van der Waals surface area contributed by atoms with Gasteiger partial charge >= 0.3 is 0 Å². The summed E-state index contributed by atoms with van der Waals surface area (Å²) >= 11 is 0. The van der Waals surface area contributed by atoms with Crippen LogP contribution >= 0.6 is 0 Å². The zero-order valence-electron chi connectivity index (χ0n) is 12.1. The molecule has 0 saturated carbocycles. The zero-order chi connectivity index (χ0) is 15.1. The number of methoxy groups -OCH3 is 1. The number of nitrogens with two attached hydrogens (primary N) is 1. The first-order valence-electron chi connectivity index (χ1n) is 6.86. The Labute approximate surface area is 124 Å². The van der Waals surface area contributed by atoms with Crippen molar-refractivity contribution in [3.05, 3.63) is 65.2 Å². The molecule has 4 heteroatoms. The van der Waals surface area contributed by atoms with E-state index in [2.05, 4.69) is 5.32 Å². The molecule has 110 valence electrons. The first kappa shape index (κ1) is 15.1. The van der Waals surface area contributed by atoms with Crippen molar-refractivity contribution in [3.63, 3.8) is 0 Å². The molecule has 4 nitrogen and oxygen atoms in total. The van der Waals surface area contributed by atoms with Crippen LogP contribution in [0, 0.1) is 0 Å². The Bertz CT molecular complexity index is 611. The van der Waals surface area contributed by atoms with Gasteiger partial charge in [-0.3, -0.25) is 4.79 Å². The minimum Gasteiger partial charge on any atom is -0.398 e. The fraction of sp³-hybridized carbons (Fsp3) is 0.235. The van der Waals surface area contributed by atoms with Crippen molar-refractivity contribution in [2.24, 2.45) is 0 Å². The Balaban J connectivity index is 1.94. The molecule has 0 aliphatic heterocycles. The number of hydrogen-bond donors (Lipinski definition) is 2. The summed E-state index contributed by atoms with van der Waals surface area (Å²) in [5.41, 5.74) is 9.48. The van der Waals surface area contributed by atoms with Gasteiger partial charge in [0, 0.05) is 19.3 Å². The van der Waals surface area contributed by atoms with E-state index in [0.29, 0.717) is 25.3 Å². The second-order valence-corrected chi connectivity index (χ2v) is 4.85. The summed E-state index contributed by atoms with van der Waals surface area (Å²) < 4.78 is 5.16. The smallest absolute Gasteiger partial charge is 0.224 e. The van der Waals surface area contributed by atoms with Gasteiger partial charge in [-0.05, 0) is 22.8 Å². The van der Waals surface area contributed by atoms with Gasteiger partial charge in [-0.25, -0.2) is 0 Å². The normalized spacial score (nSPS) is 10.3. The van der Waals surface area contributed by atoms with Crippen molar-refractivity contribution in [1.29, 1.82) is 0 Å². The molecule has 0 saturated heterocycles. The third-order valence-electron chi connectivity index (χ3n) is 3.30. The second kappa shape index (κ2) is 7.45. The summed E-state index contributed by atoms with van der Waals surface area (Å²) in [5, 5.41) is 2.92. The Morgan fingerprint density at radius 3 is 2.33 bits per heavy atom. The molecule has 0 aromatic heterocycles. The molecule has 2 rings (SSSR count). The average molecular weight is 284 g/mol. The molecule has 0 atom stereocenters. The molecule has 0 fully saturated rings. The van der Waals surface area contributed by atoms with Crippen molar-refractivity contribution in [2.75, 3.05) is 12.8 Å². The lowest BCUT2D eigenvalue weighted by Crippen LogP contribution is -2.25.